The highest BCUT2D eigenvalue weighted by atomic mass is 19.1. The molecule has 1 N–H and O–H groups in total. The van der Waals surface area contributed by atoms with Gasteiger partial charge < -0.3 is 5.32 Å². The zero-order chi connectivity index (χ0) is 11.1. The number of amides is 1. The molecule has 0 spiro atoms. The maximum Gasteiger partial charge on any atom is 0.234 e. The van der Waals surface area contributed by atoms with Gasteiger partial charge in [0.05, 0.1) is 6.07 Å². The summed E-state index contributed by atoms with van der Waals surface area (Å²) < 4.78 is 12.7. The lowest BCUT2D eigenvalue weighted by molar-refractivity contribution is -0.120. The Morgan fingerprint density at radius 2 is 2.33 bits per heavy atom. The van der Waals surface area contributed by atoms with E-state index in [1.54, 1.807) is 18.2 Å². The quantitative estimate of drug-likeness (QED) is 0.809. The van der Waals surface area contributed by atoms with E-state index < -0.39 is 0 Å². The number of carbonyl (C=O) groups excluding carboxylic acids is 1. The average molecular weight is 206 g/mol. The topological polar surface area (TPSA) is 52.9 Å². The molecular formula is C11H11FN2O. The number of halogens is 1. The first-order chi connectivity index (χ1) is 7.22. The van der Waals surface area contributed by atoms with Gasteiger partial charge in [0.15, 0.2) is 0 Å². The molecule has 1 rings (SSSR count). The fourth-order valence-electron chi connectivity index (χ4n) is 1.17. The van der Waals surface area contributed by atoms with Crippen molar-refractivity contribution in [3.8, 4) is 6.07 Å². The predicted octanol–water partition coefficient (Wildman–Crippen LogP) is 1.40. The molecule has 1 amide bonds. The minimum absolute atomic E-state index is 0.136. The van der Waals surface area contributed by atoms with Crippen molar-refractivity contribution in [1.82, 2.24) is 5.32 Å². The van der Waals surface area contributed by atoms with E-state index in [2.05, 4.69) is 5.32 Å². The van der Waals surface area contributed by atoms with E-state index >= 15 is 0 Å². The van der Waals surface area contributed by atoms with Crippen LogP contribution in [0.3, 0.4) is 0 Å². The Labute approximate surface area is 87.5 Å². The highest BCUT2D eigenvalue weighted by Gasteiger charge is 1.99. The molecule has 1 aromatic rings. The maximum absolute atomic E-state index is 12.7. The van der Waals surface area contributed by atoms with E-state index in [1.165, 1.54) is 12.1 Å². The van der Waals surface area contributed by atoms with Gasteiger partial charge in [0, 0.05) is 6.54 Å². The zero-order valence-electron chi connectivity index (χ0n) is 8.16. The molecule has 0 saturated heterocycles. The smallest absolute Gasteiger partial charge is 0.234 e. The summed E-state index contributed by atoms with van der Waals surface area (Å²) in [5.74, 6) is -0.579. The number of nitrogens with one attached hydrogen (secondary N) is 1. The van der Waals surface area contributed by atoms with Crippen LogP contribution in [0.4, 0.5) is 4.39 Å². The van der Waals surface area contributed by atoms with Gasteiger partial charge in [-0.2, -0.15) is 5.26 Å². The molecular weight excluding hydrogens is 195 g/mol. The van der Waals surface area contributed by atoms with Crippen LogP contribution in [0.25, 0.3) is 0 Å². The molecule has 0 fully saturated rings. The molecule has 78 valence electrons. The number of nitriles is 1. The number of hydrogen-bond donors (Lipinski definition) is 1. The molecule has 0 saturated carbocycles. The van der Waals surface area contributed by atoms with Gasteiger partial charge in [0.2, 0.25) is 5.91 Å². The summed E-state index contributed by atoms with van der Waals surface area (Å²) in [5.41, 5.74) is 0.826. The summed E-state index contributed by atoms with van der Waals surface area (Å²) in [6.07, 6.45) is 0.429. The molecule has 1 aromatic carbocycles. The Morgan fingerprint density at radius 1 is 1.53 bits per heavy atom. The molecule has 0 bridgehead atoms. The lowest BCUT2D eigenvalue weighted by Gasteiger charge is -2.02. The minimum atomic E-state index is -0.297. The van der Waals surface area contributed by atoms with Crippen LogP contribution >= 0.6 is 0 Å². The van der Waals surface area contributed by atoms with Crippen molar-refractivity contribution in [2.45, 2.75) is 12.8 Å². The second-order valence-corrected chi connectivity index (χ2v) is 3.06. The Hall–Kier alpha value is -1.89. The number of carbonyl (C=O) groups is 1. The summed E-state index contributed by atoms with van der Waals surface area (Å²) in [6, 6.07) is 7.97. The lowest BCUT2D eigenvalue weighted by atomic mass is 10.1. The van der Waals surface area contributed by atoms with Crippen molar-refractivity contribution in [3.05, 3.63) is 35.6 Å². The molecule has 0 heterocycles. The Balaban J connectivity index is 2.32. The minimum Gasteiger partial charge on any atom is -0.355 e. The molecule has 0 radical (unpaired) electrons. The van der Waals surface area contributed by atoms with Crippen molar-refractivity contribution >= 4 is 5.91 Å². The molecule has 0 aliphatic rings. The third-order valence-corrected chi connectivity index (χ3v) is 1.86. The second-order valence-electron chi connectivity index (χ2n) is 3.06. The fraction of sp³-hybridized carbons (Fsp3) is 0.273. The van der Waals surface area contributed by atoms with E-state index in [9.17, 15) is 9.18 Å². The normalized spacial score (nSPS) is 9.33. The highest BCUT2D eigenvalue weighted by molar-refractivity contribution is 5.77. The van der Waals surface area contributed by atoms with Gasteiger partial charge in [-0.25, -0.2) is 4.39 Å². The van der Waals surface area contributed by atoms with Gasteiger partial charge in [-0.15, -0.1) is 0 Å². The first-order valence-electron chi connectivity index (χ1n) is 4.60. The van der Waals surface area contributed by atoms with Crippen LogP contribution in [0, 0.1) is 17.1 Å². The van der Waals surface area contributed by atoms with Gasteiger partial charge in [-0.3, -0.25) is 4.79 Å². The molecule has 0 aromatic heterocycles. The summed E-state index contributed by atoms with van der Waals surface area (Å²) in [7, 11) is 0. The van der Waals surface area contributed by atoms with E-state index in [4.69, 9.17) is 5.26 Å². The van der Waals surface area contributed by atoms with Crippen molar-refractivity contribution in [3.63, 3.8) is 0 Å². The van der Waals surface area contributed by atoms with Gasteiger partial charge in [0.25, 0.3) is 0 Å². The average Bonchev–Trinajstić information content (AvgIpc) is 2.18. The second kappa shape index (κ2) is 5.76. The van der Waals surface area contributed by atoms with Crippen LogP contribution in [0.5, 0.6) is 0 Å². The van der Waals surface area contributed by atoms with Crippen molar-refractivity contribution in [2.75, 3.05) is 6.54 Å². The molecule has 3 nitrogen and oxygen atoms in total. The molecule has 0 unspecified atom stereocenters. The molecule has 0 atom stereocenters. The molecule has 0 aliphatic carbocycles. The van der Waals surface area contributed by atoms with E-state index in [0.717, 1.165) is 5.56 Å². The number of hydrogen-bond acceptors (Lipinski definition) is 2. The van der Waals surface area contributed by atoms with Crippen molar-refractivity contribution < 1.29 is 9.18 Å². The van der Waals surface area contributed by atoms with Gasteiger partial charge in [-0.05, 0) is 24.1 Å². The van der Waals surface area contributed by atoms with Crippen LogP contribution in [-0.4, -0.2) is 12.5 Å². The zero-order valence-corrected chi connectivity index (χ0v) is 8.16. The fourth-order valence-corrected chi connectivity index (χ4v) is 1.17. The van der Waals surface area contributed by atoms with E-state index in [1.807, 2.05) is 0 Å². The van der Waals surface area contributed by atoms with Crippen LogP contribution in [-0.2, 0) is 11.2 Å². The van der Waals surface area contributed by atoms with Gasteiger partial charge in [0.1, 0.15) is 12.2 Å². The van der Waals surface area contributed by atoms with Crippen LogP contribution in [0.2, 0.25) is 0 Å². The predicted molar refractivity (Wildman–Crippen MR) is 53.3 cm³/mol. The highest BCUT2D eigenvalue weighted by Crippen LogP contribution is 2.03. The van der Waals surface area contributed by atoms with Gasteiger partial charge >= 0.3 is 0 Å². The summed E-state index contributed by atoms with van der Waals surface area (Å²) in [4.78, 5) is 10.9. The molecule has 15 heavy (non-hydrogen) atoms. The van der Waals surface area contributed by atoms with Crippen molar-refractivity contribution in [2.24, 2.45) is 0 Å². The standard InChI is InChI=1S/C11H11FN2O/c12-10-3-1-2-9(8-10)5-7-14-11(15)4-6-13/h1-3,8H,4-5,7H2,(H,14,15). The molecule has 0 aliphatic heterocycles. The monoisotopic (exact) mass is 206 g/mol. The van der Waals surface area contributed by atoms with Crippen LogP contribution in [0.15, 0.2) is 24.3 Å². The Morgan fingerprint density at radius 3 is 3.00 bits per heavy atom. The maximum atomic E-state index is 12.7. The van der Waals surface area contributed by atoms with Crippen molar-refractivity contribution in [1.29, 1.82) is 5.26 Å². The number of rotatable bonds is 4. The van der Waals surface area contributed by atoms with Crippen LogP contribution in [0.1, 0.15) is 12.0 Å². The van der Waals surface area contributed by atoms with Gasteiger partial charge in [-0.1, -0.05) is 12.1 Å². The van der Waals surface area contributed by atoms with E-state index in [-0.39, 0.29) is 18.1 Å². The Bertz CT molecular complexity index is 384. The third-order valence-electron chi connectivity index (χ3n) is 1.86. The SMILES string of the molecule is N#CCC(=O)NCCc1cccc(F)c1. The lowest BCUT2D eigenvalue weighted by Crippen LogP contribution is -2.24. The summed E-state index contributed by atoms with van der Waals surface area (Å²) in [5, 5.41) is 10.8. The summed E-state index contributed by atoms with van der Waals surface area (Å²) in [6.45, 7) is 0.421. The largest absolute Gasteiger partial charge is 0.355 e. The first kappa shape index (κ1) is 11.2. The van der Waals surface area contributed by atoms with E-state index in [0.29, 0.717) is 13.0 Å². The summed E-state index contributed by atoms with van der Waals surface area (Å²) >= 11 is 0. The Kier molecular flexibility index (Phi) is 4.30. The number of benzene rings is 1. The number of nitrogens with zero attached hydrogens (tertiary/aromatic N) is 1. The third kappa shape index (κ3) is 4.23. The van der Waals surface area contributed by atoms with Crippen LogP contribution < -0.4 is 5.32 Å². The molecule has 4 heteroatoms. The first-order valence-corrected chi connectivity index (χ1v) is 4.60.